The van der Waals surface area contributed by atoms with Gasteiger partial charge in [-0.05, 0) is 31.9 Å². The molecule has 0 aliphatic rings. The minimum atomic E-state index is -3.59. The van der Waals surface area contributed by atoms with Gasteiger partial charge in [0.05, 0.1) is 11.4 Å². The van der Waals surface area contributed by atoms with E-state index in [9.17, 15) is 8.42 Å². The van der Waals surface area contributed by atoms with E-state index in [0.29, 0.717) is 4.90 Å². The lowest BCUT2D eigenvalue weighted by Gasteiger charge is -2.30. The summed E-state index contributed by atoms with van der Waals surface area (Å²) >= 11 is 0. The maximum Gasteiger partial charge on any atom is 0.244 e. The lowest BCUT2D eigenvalue weighted by Crippen LogP contribution is -2.42. The maximum atomic E-state index is 12.9. The normalized spacial score (nSPS) is 12.9. The Balaban J connectivity index is 3.30. The highest BCUT2D eigenvalue weighted by atomic mass is 32.2. The van der Waals surface area contributed by atoms with Crippen molar-refractivity contribution in [3.8, 4) is 11.8 Å². The lowest BCUT2D eigenvalue weighted by molar-refractivity contribution is 0.328. The smallest absolute Gasteiger partial charge is 0.207 e. The molecule has 0 aliphatic heterocycles. The summed E-state index contributed by atoms with van der Waals surface area (Å²) in [5, 5.41) is 0. The number of hydrogen-bond acceptors (Lipinski definition) is 2. The Morgan fingerprint density at radius 3 is 2.29 bits per heavy atom. The fourth-order valence-corrected chi connectivity index (χ4v) is 3.71. The highest BCUT2D eigenvalue weighted by Crippen LogP contribution is 2.22. The van der Waals surface area contributed by atoms with Gasteiger partial charge in [0.15, 0.2) is 0 Å². The second-order valence-electron chi connectivity index (χ2n) is 5.26. The molecule has 0 aliphatic carbocycles. The Labute approximate surface area is 128 Å². The molecular formula is C17H23NO2S. The van der Waals surface area contributed by atoms with Crippen molar-refractivity contribution in [2.75, 3.05) is 6.54 Å². The van der Waals surface area contributed by atoms with Gasteiger partial charge in [-0.3, -0.25) is 0 Å². The van der Waals surface area contributed by atoms with E-state index in [1.165, 1.54) is 4.31 Å². The third-order valence-electron chi connectivity index (χ3n) is 3.30. The molecule has 0 fully saturated rings. The molecule has 0 spiro atoms. The number of aryl methyl sites for hydroxylation is 1. The van der Waals surface area contributed by atoms with Gasteiger partial charge in [-0.25, -0.2) is 8.42 Å². The minimum Gasteiger partial charge on any atom is -0.207 e. The molecule has 1 atom stereocenters. The van der Waals surface area contributed by atoms with Crippen LogP contribution in [0.4, 0.5) is 0 Å². The molecule has 1 unspecified atom stereocenters. The van der Waals surface area contributed by atoms with Gasteiger partial charge in [0.25, 0.3) is 0 Å². The van der Waals surface area contributed by atoms with Crippen LogP contribution < -0.4 is 0 Å². The summed E-state index contributed by atoms with van der Waals surface area (Å²) in [7, 11) is -3.59. The van der Waals surface area contributed by atoms with Crippen molar-refractivity contribution < 1.29 is 8.42 Å². The summed E-state index contributed by atoms with van der Waals surface area (Å²) < 4.78 is 27.2. The zero-order valence-corrected chi connectivity index (χ0v) is 13.9. The van der Waals surface area contributed by atoms with Crippen molar-refractivity contribution in [3.05, 3.63) is 42.5 Å². The van der Waals surface area contributed by atoms with Crippen molar-refractivity contribution in [3.63, 3.8) is 0 Å². The van der Waals surface area contributed by atoms with Gasteiger partial charge in [0.1, 0.15) is 0 Å². The van der Waals surface area contributed by atoms with Gasteiger partial charge in [0.2, 0.25) is 10.0 Å². The second kappa shape index (κ2) is 7.44. The summed E-state index contributed by atoms with van der Waals surface area (Å²) in [6.07, 6.45) is 1.67. The van der Waals surface area contributed by atoms with E-state index in [4.69, 9.17) is 0 Å². The first-order valence-electron chi connectivity index (χ1n) is 6.95. The Morgan fingerprint density at radius 1 is 1.29 bits per heavy atom. The molecule has 4 heteroatoms. The second-order valence-corrected chi connectivity index (χ2v) is 7.15. The van der Waals surface area contributed by atoms with E-state index in [1.807, 2.05) is 20.8 Å². The van der Waals surface area contributed by atoms with Crippen LogP contribution in [0.25, 0.3) is 0 Å². The summed E-state index contributed by atoms with van der Waals surface area (Å²) in [5.41, 5.74) is 1.03. The molecule has 0 bridgehead atoms. The van der Waals surface area contributed by atoms with Crippen LogP contribution in [0.15, 0.2) is 41.8 Å². The Morgan fingerprint density at radius 2 is 1.86 bits per heavy atom. The number of benzene rings is 1. The van der Waals surface area contributed by atoms with Crippen molar-refractivity contribution in [1.82, 2.24) is 4.31 Å². The topological polar surface area (TPSA) is 37.4 Å². The summed E-state index contributed by atoms with van der Waals surface area (Å²) in [4.78, 5) is 0.290. The number of rotatable bonds is 6. The molecule has 0 N–H and O–H groups in total. The van der Waals surface area contributed by atoms with Crippen molar-refractivity contribution in [1.29, 1.82) is 0 Å². The SMILES string of the molecule is C=CC(C(C)C)N(CC#CC)S(=O)(=O)c1ccc(C)cc1. The third kappa shape index (κ3) is 4.20. The molecule has 0 heterocycles. The number of sulfonamides is 1. The molecule has 1 aromatic carbocycles. The zero-order valence-electron chi connectivity index (χ0n) is 13.1. The molecule has 1 rings (SSSR count). The van der Waals surface area contributed by atoms with E-state index < -0.39 is 10.0 Å². The van der Waals surface area contributed by atoms with Gasteiger partial charge in [-0.1, -0.05) is 43.5 Å². The van der Waals surface area contributed by atoms with Gasteiger partial charge in [-0.15, -0.1) is 12.5 Å². The quantitative estimate of drug-likeness (QED) is 0.598. The van der Waals surface area contributed by atoms with E-state index in [-0.39, 0.29) is 18.5 Å². The predicted octanol–water partition coefficient (Wildman–Crippen LogP) is 3.22. The first-order chi connectivity index (χ1) is 9.84. The van der Waals surface area contributed by atoms with Crippen LogP contribution in [0.2, 0.25) is 0 Å². The third-order valence-corrected chi connectivity index (χ3v) is 5.15. The fourth-order valence-electron chi connectivity index (χ4n) is 2.08. The molecule has 0 saturated carbocycles. The molecule has 1 aromatic rings. The van der Waals surface area contributed by atoms with Gasteiger partial charge in [0, 0.05) is 6.04 Å². The van der Waals surface area contributed by atoms with Crippen LogP contribution in [-0.2, 0) is 10.0 Å². The minimum absolute atomic E-state index is 0.126. The van der Waals surface area contributed by atoms with E-state index in [2.05, 4.69) is 18.4 Å². The Bertz CT molecular complexity index is 634. The monoisotopic (exact) mass is 305 g/mol. The first kappa shape index (κ1) is 17.5. The van der Waals surface area contributed by atoms with Crippen LogP contribution >= 0.6 is 0 Å². The highest BCUT2D eigenvalue weighted by molar-refractivity contribution is 7.89. The van der Waals surface area contributed by atoms with Crippen LogP contribution in [0, 0.1) is 24.7 Å². The van der Waals surface area contributed by atoms with Crippen LogP contribution in [0.3, 0.4) is 0 Å². The fraction of sp³-hybridized carbons (Fsp3) is 0.412. The lowest BCUT2D eigenvalue weighted by atomic mass is 10.1. The average molecular weight is 305 g/mol. The number of nitrogens with zero attached hydrogens (tertiary/aromatic N) is 1. The van der Waals surface area contributed by atoms with Gasteiger partial charge < -0.3 is 0 Å². The Kier molecular flexibility index (Phi) is 6.19. The molecule has 21 heavy (non-hydrogen) atoms. The first-order valence-corrected chi connectivity index (χ1v) is 8.39. The van der Waals surface area contributed by atoms with Crippen molar-refractivity contribution in [2.24, 2.45) is 5.92 Å². The average Bonchev–Trinajstić information content (AvgIpc) is 2.43. The van der Waals surface area contributed by atoms with Crippen LogP contribution in [-0.4, -0.2) is 25.3 Å². The maximum absolute atomic E-state index is 12.9. The summed E-state index contributed by atoms with van der Waals surface area (Å²) in [6.45, 7) is 11.5. The standard InChI is InChI=1S/C17H23NO2S/c1-6-8-13-18(17(7-2)14(3)4)21(19,20)16-11-9-15(5)10-12-16/h7,9-12,14,17H,2,13H2,1,3-5H3. The summed E-state index contributed by atoms with van der Waals surface area (Å²) in [6, 6.07) is 6.59. The van der Waals surface area contributed by atoms with Gasteiger partial charge in [-0.2, -0.15) is 4.31 Å². The molecule has 0 aromatic heterocycles. The van der Waals surface area contributed by atoms with E-state index in [1.54, 1.807) is 37.3 Å². The highest BCUT2D eigenvalue weighted by Gasteiger charge is 2.30. The predicted molar refractivity (Wildman–Crippen MR) is 87.3 cm³/mol. The summed E-state index contributed by atoms with van der Waals surface area (Å²) in [5.74, 6) is 5.74. The Hall–Kier alpha value is -1.57. The molecule has 3 nitrogen and oxygen atoms in total. The van der Waals surface area contributed by atoms with Crippen molar-refractivity contribution in [2.45, 2.75) is 38.6 Å². The molecule has 114 valence electrons. The number of hydrogen-bond donors (Lipinski definition) is 0. The van der Waals surface area contributed by atoms with Crippen LogP contribution in [0.1, 0.15) is 26.3 Å². The molecule has 0 amide bonds. The largest absolute Gasteiger partial charge is 0.244 e. The van der Waals surface area contributed by atoms with Crippen molar-refractivity contribution >= 4 is 10.0 Å². The molecule has 0 saturated heterocycles. The van der Waals surface area contributed by atoms with Gasteiger partial charge >= 0.3 is 0 Å². The van der Waals surface area contributed by atoms with Crippen LogP contribution in [0.5, 0.6) is 0 Å². The van der Waals surface area contributed by atoms with E-state index in [0.717, 1.165) is 5.56 Å². The zero-order chi connectivity index (χ0) is 16.0. The molecule has 0 radical (unpaired) electrons. The van der Waals surface area contributed by atoms with E-state index >= 15 is 0 Å². The molecular weight excluding hydrogens is 282 g/mol.